The largest absolute Gasteiger partial charge is 0.394 e. The monoisotopic (exact) mass is 365 g/mol. The molecule has 26 heavy (non-hydrogen) atoms. The average molecular weight is 365 g/mol. The second-order valence-corrected chi connectivity index (χ2v) is 5.81. The molecule has 0 aliphatic rings. The Bertz CT molecular complexity index is 712. The number of nitrogens with zero attached hydrogens (tertiary/aromatic N) is 1. The average Bonchev–Trinajstić information content (AvgIpc) is 2.58. The Kier molecular flexibility index (Phi) is 8.47. The van der Waals surface area contributed by atoms with Crippen LogP contribution in [0, 0.1) is 12.7 Å². The van der Waals surface area contributed by atoms with Crippen molar-refractivity contribution in [2.45, 2.75) is 20.8 Å². The number of hydrogen-bond acceptors (Lipinski definition) is 5. The summed E-state index contributed by atoms with van der Waals surface area (Å²) < 4.78 is 14.2. The van der Waals surface area contributed by atoms with Gasteiger partial charge < -0.3 is 15.3 Å². The molecule has 3 N–H and O–H groups in total. The molecule has 142 valence electrons. The minimum atomic E-state index is -0.650. The van der Waals surface area contributed by atoms with Gasteiger partial charge in [-0.2, -0.15) is 0 Å². The number of aryl methyl sites for hydroxylation is 1. The molecule has 2 amide bonds. The van der Waals surface area contributed by atoms with Crippen molar-refractivity contribution in [2.24, 2.45) is 0 Å². The van der Waals surface area contributed by atoms with Crippen molar-refractivity contribution >= 4 is 18.0 Å². The fourth-order valence-electron chi connectivity index (χ4n) is 1.99. The van der Waals surface area contributed by atoms with Gasteiger partial charge in [0.05, 0.1) is 24.5 Å². The van der Waals surface area contributed by atoms with E-state index < -0.39 is 11.7 Å². The smallest absolute Gasteiger partial charge is 0.278 e. The van der Waals surface area contributed by atoms with E-state index in [0.717, 1.165) is 16.0 Å². The van der Waals surface area contributed by atoms with Crippen LogP contribution >= 0.6 is 0 Å². The molecule has 0 radical (unpaired) electrons. The lowest BCUT2D eigenvalue weighted by Gasteiger charge is -2.21. The summed E-state index contributed by atoms with van der Waals surface area (Å²) in [5, 5.41) is 11.5. The van der Waals surface area contributed by atoms with Crippen LogP contribution in [-0.4, -0.2) is 42.6 Å². The predicted octanol–water partition coefficient (Wildman–Crippen LogP) is 1.85. The first kappa shape index (κ1) is 21.3. The molecule has 0 spiro atoms. The summed E-state index contributed by atoms with van der Waals surface area (Å²) in [6, 6.07) is 4.56. The summed E-state index contributed by atoms with van der Waals surface area (Å²) in [6.45, 7) is 4.93. The minimum Gasteiger partial charge on any atom is -0.394 e. The van der Waals surface area contributed by atoms with Crippen LogP contribution in [0.15, 0.2) is 41.2 Å². The number of anilines is 1. The van der Waals surface area contributed by atoms with Gasteiger partial charge in [-0.05, 0) is 44.5 Å². The molecule has 1 aromatic carbocycles. The quantitative estimate of drug-likeness (QED) is 0.204. The second-order valence-electron chi connectivity index (χ2n) is 5.81. The summed E-state index contributed by atoms with van der Waals surface area (Å²) in [7, 11) is 1.43. The molecule has 0 saturated heterocycles. The number of rotatable bonds is 9. The van der Waals surface area contributed by atoms with Crippen LogP contribution in [-0.2, 0) is 14.4 Å². The number of aliphatic hydroxyl groups excluding tert-OH is 1. The highest BCUT2D eigenvalue weighted by Gasteiger charge is 2.19. The SMILES string of the molecule is CC(C)=C/C(C(=O)NOCCO)=C(/Nc1ccc(C)cc1F)N(C)C=O. The number of carbonyl (C=O) groups excluding carboxylic acids is 2. The van der Waals surface area contributed by atoms with Gasteiger partial charge in [0.1, 0.15) is 11.6 Å². The molecule has 0 saturated carbocycles. The van der Waals surface area contributed by atoms with Gasteiger partial charge >= 0.3 is 0 Å². The van der Waals surface area contributed by atoms with E-state index in [1.54, 1.807) is 26.8 Å². The van der Waals surface area contributed by atoms with Crippen LogP contribution in [0.1, 0.15) is 19.4 Å². The molecule has 0 aliphatic heterocycles. The first-order chi connectivity index (χ1) is 12.3. The van der Waals surface area contributed by atoms with Crippen molar-refractivity contribution < 1.29 is 23.9 Å². The predicted molar refractivity (Wildman–Crippen MR) is 96.2 cm³/mol. The Morgan fingerprint density at radius 1 is 1.38 bits per heavy atom. The zero-order valence-corrected chi connectivity index (χ0v) is 15.3. The maximum atomic E-state index is 14.2. The van der Waals surface area contributed by atoms with Gasteiger partial charge in [0.15, 0.2) is 0 Å². The summed E-state index contributed by atoms with van der Waals surface area (Å²) in [4.78, 5) is 29.7. The highest BCUT2D eigenvalue weighted by Crippen LogP contribution is 2.21. The van der Waals surface area contributed by atoms with E-state index in [0.29, 0.717) is 6.41 Å². The van der Waals surface area contributed by atoms with Crippen LogP contribution in [0.2, 0.25) is 0 Å². The normalized spacial score (nSPS) is 11.3. The molecule has 0 bridgehead atoms. The lowest BCUT2D eigenvalue weighted by molar-refractivity contribution is -0.130. The second kappa shape index (κ2) is 10.3. The number of benzene rings is 1. The molecular formula is C18H24FN3O4. The first-order valence-electron chi connectivity index (χ1n) is 7.93. The van der Waals surface area contributed by atoms with E-state index in [2.05, 4.69) is 10.8 Å². The Balaban J connectivity index is 3.36. The number of hydrogen-bond donors (Lipinski definition) is 3. The standard InChI is InChI=1S/C18H24FN3O4/c1-12(2)9-14(18(25)21-26-8-7-23)17(22(4)11-24)20-16-6-5-13(3)10-15(16)19/h5-6,9-11,20,23H,7-8H2,1-4H3,(H,21,25)/b17-14+. The topological polar surface area (TPSA) is 90.9 Å². The highest BCUT2D eigenvalue weighted by molar-refractivity contribution is 5.97. The minimum absolute atomic E-state index is 0.0671. The van der Waals surface area contributed by atoms with Gasteiger partial charge in [-0.1, -0.05) is 11.6 Å². The van der Waals surface area contributed by atoms with Crippen molar-refractivity contribution in [3.8, 4) is 0 Å². The van der Waals surface area contributed by atoms with Crippen molar-refractivity contribution in [2.75, 3.05) is 25.6 Å². The third kappa shape index (κ3) is 6.30. The fraction of sp³-hybridized carbons (Fsp3) is 0.333. The molecular weight excluding hydrogens is 341 g/mol. The van der Waals surface area contributed by atoms with Crippen molar-refractivity contribution in [3.63, 3.8) is 0 Å². The van der Waals surface area contributed by atoms with Gasteiger partial charge in [0.2, 0.25) is 6.41 Å². The number of allylic oxidation sites excluding steroid dienone is 1. The molecule has 8 heteroatoms. The first-order valence-corrected chi connectivity index (χ1v) is 7.93. The van der Waals surface area contributed by atoms with Crippen LogP contribution in [0.5, 0.6) is 0 Å². The Morgan fingerprint density at radius 3 is 2.62 bits per heavy atom. The molecule has 0 aliphatic carbocycles. The summed E-state index contributed by atoms with van der Waals surface area (Å²) >= 11 is 0. The van der Waals surface area contributed by atoms with Crippen molar-refractivity contribution in [1.82, 2.24) is 10.4 Å². The molecule has 0 aromatic heterocycles. The lowest BCUT2D eigenvalue weighted by Crippen LogP contribution is -2.32. The third-order valence-electron chi connectivity index (χ3n) is 3.18. The van der Waals surface area contributed by atoms with Crippen LogP contribution in [0.4, 0.5) is 10.1 Å². The van der Waals surface area contributed by atoms with Crippen LogP contribution in [0.3, 0.4) is 0 Å². The Hall–Kier alpha value is -2.71. The number of halogens is 1. The number of carbonyl (C=O) groups is 2. The van der Waals surface area contributed by atoms with E-state index in [4.69, 9.17) is 9.94 Å². The van der Waals surface area contributed by atoms with Crippen molar-refractivity contribution in [3.05, 3.63) is 52.6 Å². The van der Waals surface area contributed by atoms with E-state index in [-0.39, 0.29) is 30.3 Å². The molecule has 0 unspecified atom stereocenters. The summed E-state index contributed by atoms with van der Waals surface area (Å²) in [5.74, 6) is -1.09. The zero-order valence-electron chi connectivity index (χ0n) is 15.3. The molecule has 0 heterocycles. The number of aliphatic hydroxyl groups is 1. The maximum Gasteiger partial charge on any atom is 0.278 e. The van der Waals surface area contributed by atoms with Gasteiger partial charge in [-0.3, -0.25) is 14.4 Å². The third-order valence-corrected chi connectivity index (χ3v) is 3.18. The maximum absolute atomic E-state index is 14.2. The number of nitrogens with one attached hydrogen (secondary N) is 2. The zero-order chi connectivity index (χ0) is 19.7. The van der Waals surface area contributed by atoms with Gasteiger partial charge in [-0.15, -0.1) is 0 Å². The van der Waals surface area contributed by atoms with E-state index >= 15 is 0 Å². The van der Waals surface area contributed by atoms with E-state index in [1.807, 2.05) is 0 Å². The molecule has 1 rings (SSSR count). The number of hydroxylamine groups is 1. The molecule has 0 fully saturated rings. The summed E-state index contributed by atoms with van der Waals surface area (Å²) in [6.07, 6.45) is 2.03. The van der Waals surface area contributed by atoms with Gasteiger partial charge in [-0.25, -0.2) is 9.87 Å². The number of amides is 2. The van der Waals surface area contributed by atoms with Crippen LogP contribution < -0.4 is 10.8 Å². The Morgan fingerprint density at radius 2 is 2.08 bits per heavy atom. The van der Waals surface area contributed by atoms with Crippen LogP contribution in [0.25, 0.3) is 0 Å². The molecule has 7 nitrogen and oxygen atoms in total. The van der Waals surface area contributed by atoms with Crippen molar-refractivity contribution in [1.29, 1.82) is 0 Å². The summed E-state index contributed by atoms with van der Waals surface area (Å²) in [5.41, 5.74) is 3.88. The van der Waals surface area contributed by atoms with Gasteiger partial charge in [0.25, 0.3) is 5.91 Å². The van der Waals surface area contributed by atoms with E-state index in [1.165, 1.54) is 25.3 Å². The Labute approximate surface area is 152 Å². The fourth-order valence-corrected chi connectivity index (χ4v) is 1.99. The lowest BCUT2D eigenvalue weighted by atomic mass is 10.1. The molecule has 1 aromatic rings. The molecule has 0 atom stereocenters. The van der Waals surface area contributed by atoms with E-state index in [9.17, 15) is 14.0 Å². The highest BCUT2D eigenvalue weighted by atomic mass is 19.1. The van der Waals surface area contributed by atoms with Gasteiger partial charge in [0, 0.05) is 7.05 Å².